The second-order valence-electron chi connectivity index (χ2n) is 10.9. The van der Waals surface area contributed by atoms with Crippen LogP contribution in [-0.2, 0) is 16.1 Å². The zero-order valence-corrected chi connectivity index (χ0v) is 26.2. The number of pyridine rings is 1. The zero-order chi connectivity index (χ0) is 29.5. The van der Waals surface area contributed by atoms with Gasteiger partial charge in [-0.1, -0.05) is 22.0 Å². The quantitative estimate of drug-likeness (QED) is 0.412. The lowest BCUT2D eigenvalue weighted by Crippen LogP contribution is -2.47. The average molecular weight is 629 g/mol. The van der Waals surface area contributed by atoms with E-state index in [-0.39, 0.29) is 30.0 Å². The Labute approximate surface area is 251 Å². The number of carbonyl (C=O) groups is 2. The molecule has 2 saturated heterocycles. The fraction of sp³-hybridized carbons (Fsp3) is 0.516. The number of morpholine rings is 1. The molecular formula is C31H42BrN5O4. The van der Waals surface area contributed by atoms with Crippen LogP contribution in [0.2, 0.25) is 0 Å². The average Bonchev–Trinajstić information content (AvgIpc) is 2.95. The van der Waals surface area contributed by atoms with Crippen LogP contribution in [0.3, 0.4) is 0 Å². The monoisotopic (exact) mass is 627 g/mol. The minimum absolute atomic E-state index is 0.0694. The van der Waals surface area contributed by atoms with Crippen LogP contribution in [0.15, 0.2) is 39.6 Å². The van der Waals surface area contributed by atoms with Crippen molar-refractivity contribution in [3.05, 3.63) is 73.1 Å². The van der Waals surface area contributed by atoms with Gasteiger partial charge in [-0.25, -0.2) is 0 Å². The Balaban J connectivity index is 1.39. The van der Waals surface area contributed by atoms with E-state index in [2.05, 4.69) is 49.0 Å². The summed E-state index contributed by atoms with van der Waals surface area (Å²) < 4.78 is 6.21. The van der Waals surface area contributed by atoms with Gasteiger partial charge in [0.15, 0.2) is 0 Å². The second kappa shape index (κ2) is 14.3. The number of H-pyrrole nitrogens is 1. The van der Waals surface area contributed by atoms with Crippen molar-refractivity contribution in [1.29, 1.82) is 0 Å². The first kappa shape index (κ1) is 31.0. The van der Waals surface area contributed by atoms with Gasteiger partial charge in [-0.3, -0.25) is 19.3 Å². The van der Waals surface area contributed by atoms with Crippen molar-refractivity contribution in [1.82, 2.24) is 20.1 Å². The zero-order valence-electron chi connectivity index (χ0n) is 24.6. The lowest BCUT2D eigenvalue weighted by Gasteiger charge is -2.40. The molecular weight excluding hydrogens is 586 g/mol. The summed E-state index contributed by atoms with van der Waals surface area (Å²) in [6.45, 7) is 14.3. The van der Waals surface area contributed by atoms with Crippen molar-refractivity contribution in [3.8, 4) is 0 Å². The van der Waals surface area contributed by atoms with Gasteiger partial charge in [-0.2, -0.15) is 0 Å². The number of anilines is 1. The van der Waals surface area contributed by atoms with Gasteiger partial charge < -0.3 is 24.8 Å². The van der Waals surface area contributed by atoms with Gasteiger partial charge in [-0.05, 0) is 69.9 Å². The van der Waals surface area contributed by atoms with E-state index < -0.39 is 0 Å². The van der Waals surface area contributed by atoms with E-state index in [9.17, 15) is 14.4 Å². The number of piperidine rings is 1. The molecule has 0 aliphatic carbocycles. The van der Waals surface area contributed by atoms with Crippen LogP contribution in [0.25, 0.3) is 0 Å². The maximum absolute atomic E-state index is 13.3. The Morgan fingerprint density at radius 1 is 1.12 bits per heavy atom. The Morgan fingerprint density at radius 2 is 1.83 bits per heavy atom. The summed E-state index contributed by atoms with van der Waals surface area (Å²) in [5.74, 6) is -0.148. The minimum Gasteiger partial charge on any atom is -0.379 e. The van der Waals surface area contributed by atoms with Crippen LogP contribution in [0.1, 0.15) is 52.5 Å². The SMILES string of the molecule is CCN(c1cc(Br)cc(C(=O)NCc2c(C)cc(C)[nH]c2=O)c1C)C1CCN(C(=O)C=CCN2CCOCC2)CC1. The highest BCUT2D eigenvalue weighted by Gasteiger charge is 2.28. The van der Waals surface area contributed by atoms with Gasteiger partial charge in [0, 0.05) is 84.9 Å². The number of hydrogen-bond acceptors (Lipinski definition) is 6. The largest absolute Gasteiger partial charge is 0.379 e. The molecule has 0 spiro atoms. The number of hydrogen-bond donors (Lipinski definition) is 2. The van der Waals surface area contributed by atoms with Gasteiger partial charge in [0.25, 0.3) is 11.5 Å². The van der Waals surface area contributed by atoms with E-state index in [0.717, 1.165) is 79.2 Å². The maximum atomic E-state index is 13.3. The standard InChI is InChI=1S/C31H42BrN5O4/c1-5-37(25-8-11-36(12-9-25)29(38)7-6-10-35-13-15-41-16-14-35)28-19-24(32)18-26(23(28)4)30(39)33-20-27-21(2)17-22(3)34-31(27)40/h6-7,17-19,25H,5,8-16,20H2,1-4H3,(H,33,39)(H,34,40). The van der Waals surface area contributed by atoms with E-state index in [0.29, 0.717) is 24.2 Å². The fourth-order valence-corrected chi connectivity index (χ4v) is 6.22. The third kappa shape index (κ3) is 7.87. The van der Waals surface area contributed by atoms with E-state index in [4.69, 9.17) is 4.74 Å². The number of halogens is 1. The van der Waals surface area contributed by atoms with Crippen molar-refractivity contribution < 1.29 is 14.3 Å². The van der Waals surface area contributed by atoms with E-state index in [1.165, 1.54) is 0 Å². The summed E-state index contributed by atoms with van der Waals surface area (Å²) in [5, 5.41) is 2.95. The predicted molar refractivity (Wildman–Crippen MR) is 166 cm³/mol. The van der Waals surface area contributed by atoms with Crippen molar-refractivity contribution in [2.45, 2.75) is 53.1 Å². The first-order chi connectivity index (χ1) is 19.7. The van der Waals surface area contributed by atoms with Crippen LogP contribution >= 0.6 is 15.9 Å². The number of aryl methyl sites for hydroxylation is 2. The van der Waals surface area contributed by atoms with E-state index >= 15 is 0 Å². The Morgan fingerprint density at radius 3 is 2.49 bits per heavy atom. The lowest BCUT2D eigenvalue weighted by molar-refractivity contribution is -0.127. The number of likely N-dealkylation sites (tertiary alicyclic amines) is 1. The van der Waals surface area contributed by atoms with Crippen molar-refractivity contribution >= 4 is 33.4 Å². The molecule has 0 unspecified atom stereocenters. The number of nitrogens with one attached hydrogen (secondary N) is 2. The van der Waals surface area contributed by atoms with Crippen molar-refractivity contribution in [3.63, 3.8) is 0 Å². The molecule has 1 aromatic carbocycles. The molecule has 1 aromatic heterocycles. The molecule has 0 atom stereocenters. The van der Waals surface area contributed by atoms with Crippen LogP contribution in [-0.4, -0.2) is 85.1 Å². The smallest absolute Gasteiger partial charge is 0.253 e. The Kier molecular flexibility index (Phi) is 10.8. The van der Waals surface area contributed by atoms with Crippen LogP contribution < -0.4 is 15.8 Å². The summed E-state index contributed by atoms with van der Waals surface area (Å²) in [7, 11) is 0. The number of amides is 2. The molecule has 10 heteroatoms. The summed E-state index contributed by atoms with van der Waals surface area (Å²) >= 11 is 3.61. The number of nitrogens with zero attached hydrogens (tertiary/aromatic N) is 3. The molecule has 0 saturated carbocycles. The van der Waals surface area contributed by atoms with Crippen molar-refractivity contribution in [2.75, 3.05) is 57.4 Å². The highest BCUT2D eigenvalue weighted by atomic mass is 79.9. The molecule has 0 radical (unpaired) electrons. The second-order valence-corrected chi connectivity index (χ2v) is 11.8. The molecule has 41 heavy (non-hydrogen) atoms. The van der Waals surface area contributed by atoms with Crippen molar-refractivity contribution in [2.24, 2.45) is 0 Å². The van der Waals surface area contributed by atoms with E-state index in [1.54, 1.807) is 6.08 Å². The molecule has 222 valence electrons. The summed E-state index contributed by atoms with van der Waals surface area (Å²) in [5.41, 5.74) is 4.51. The molecule has 2 fully saturated rings. The Bertz CT molecular complexity index is 1330. The molecule has 0 bridgehead atoms. The summed E-state index contributed by atoms with van der Waals surface area (Å²) in [6.07, 6.45) is 5.40. The Hall–Kier alpha value is -2.95. The van der Waals surface area contributed by atoms with Crippen LogP contribution in [0, 0.1) is 20.8 Å². The van der Waals surface area contributed by atoms with Gasteiger partial charge in [-0.15, -0.1) is 0 Å². The third-order valence-electron chi connectivity index (χ3n) is 8.10. The number of carbonyl (C=O) groups excluding carboxylic acids is 2. The summed E-state index contributed by atoms with van der Waals surface area (Å²) in [6, 6.07) is 6.07. The maximum Gasteiger partial charge on any atom is 0.253 e. The van der Waals surface area contributed by atoms with Gasteiger partial charge in [0.05, 0.1) is 13.2 Å². The minimum atomic E-state index is -0.218. The van der Waals surface area contributed by atoms with Gasteiger partial charge >= 0.3 is 0 Å². The van der Waals surface area contributed by atoms with E-state index in [1.807, 2.05) is 43.9 Å². The number of aromatic nitrogens is 1. The molecule has 3 heterocycles. The number of ether oxygens (including phenoxy) is 1. The van der Waals surface area contributed by atoms with Gasteiger partial charge in [0.1, 0.15) is 0 Å². The number of benzene rings is 1. The third-order valence-corrected chi connectivity index (χ3v) is 8.56. The van der Waals surface area contributed by atoms with Gasteiger partial charge in [0.2, 0.25) is 5.91 Å². The topological polar surface area (TPSA) is 98.0 Å². The molecule has 2 aromatic rings. The molecule has 2 aliphatic heterocycles. The normalized spacial score (nSPS) is 16.8. The lowest BCUT2D eigenvalue weighted by atomic mass is 9.99. The van der Waals surface area contributed by atoms with Crippen LogP contribution in [0.5, 0.6) is 0 Å². The molecule has 2 amide bonds. The number of aromatic amines is 1. The highest BCUT2D eigenvalue weighted by Crippen LogP contribution is 2.32. The summed E-state index contributed by atoms with van der Waals surface area (Å²) in [4.78, 5) is 47.9. The molecule has 2 aliphatic rings. The first-order valence-corrected chi connectivity index (χ1v) is 15.3. The van der Waals surface area contributed by atoms with Crippen LogP contribution in [0.4, 0.5) is 5.69 Å². The predicted octanol–water partition coefficient (Wildman–Crippen LogP) is 3.70. The number of rotatable bonds is 9. The molecule has 4 rings (SSSR count). The fourth-order valence-electron chi connectivity index (χ4n) is 5.78. The highest BCUT2D eigenvalue weighted by molar-refractivity contribution is 9.10. The first-order valence-electron chi connectivity index (χ1n) is 14.5. The molecule has 2 N–H and O–H groups in total. The molecule has 9 nitrogen and oxygen atoms in total.